The average Bonchev–Trinajstić information content (AvgIpc) is 3.10. The standard InChI is InChI=1S/C15H21IN2O2/c1-14(2,3)20-18(4)13(17-19)15(9-10-15)11-5-7-12(16)8-6-11/h5-8,19H,9-10H2,1-4H3/b17-13-. The quantitative estimate of drug-likeness (QED) is 0.282. The predicted molar refractivity (Wildman–Crippen MR) is 87.9 cm³/mol. The monoisotopic (exact) mass is 388 g/mol. The summed E-state index contributed by atoms with van der Waals surface area (Å²) < 4.78 is 1.20. The van der Waals surface area contributed by atoms with E-state index in [4.69, 9.17) is 4.84 Å². The Morgan fingerprint density at radius 3 is 2.25 bits per heavy atom. The van der Waals surface area contributed by atoms with E-state index in [0.29, 0.717) is 5.84 Å². The van der Waals surface area contributed by atoms with Crippen molar-refractivity contribution in [3.8, 4) is 0 Å². The van der Waals surface area contributed by atoms with E-state index >= 15 is 0 Å². The highest BCUT2D eigenvalue weighted by Crippen LogP contribution is 2.50. The van der Waals surface area contributed by atoms with Crippen molar-refractivity contribution in [1.82, 2.24) is 5.06 Å². The summed E-state index contributed by atoms with van der Waals surface area (Å²) in [6, 6.07) is 8.36. The second-order valence-electron chi connectivity index (χ2n) is 6.21. The maximum absolute atomic E-state index is 9.45. The molecule has 0 aliphatic heterocycles. The molecule has 1 fully saturated rings. The van der Waals surface area contributed by atoms with Crippen molar-refractivity contribution in [3.63, 3.8) is 0 Å². The highest BCUT2D eigenvalue weighted by molar-refractivity contribution is 14.1. The lowest BCUT2D eigenvalue weighted by molar-refractivity contribution is -0.171. The Morgan fingerprint density at radius 1 is 1.30 bits per heavy atom. The summed E-state index contributed by atoms with van der Waals surface area (Å²) in [7, 11) is 1.80. The van der Waals surface area contributed by atoms with Gasteiger partial charge in [-0.05, 0) is 73.9 Å². The van der Waals surface area contributed by atoms with Gasteiger partial charge in [0.1, 0.15) is 0 Å². The summed E-state index contributed by atoms with van der Waals surface area (Å²) >= 11 is 2.29. The van der Waals surface area contributed by atoms with Gasteiger partial charge in [-0.3, -0.25) is 4.84 Å². The van der Waals surface area contributed by atoms with Crippen LogP contribution in [-0.2, 0) is 10.3 Å². The van der Waals surface area contributed by atoms with Gasteiger partial charge in [0.15, 0.2) is 5.84 Å². The van der Waals surface area contributed by atoms with Gasteiger partial charge in [-0.2, -0.15) is 0 Å². The molecule has 0 saturated heterocycles. The average molecular weight is 388 g/mol. The fourth-order valence-electron chi connectivity index (χ4n) is 2.45. The van der Waals surface area contributed by atoms with E-state index < -0.39 is 0 Å². The first kappa shape index (κ1) is 15.6. The van der Waals surface area contributed by atoms with Crippen LogP contribution in [0.4, 0.5) is 0 Å². The van der Waals surface area contributed by atoms with E-state index in [1.807, 2.05) is 20.8 Å². The Morgan fingerprint density at radius 2 is 1.85 bits per heavy atom. The van der Waals surface area contributed by atoms with Gasteiger partial charge in [0.05, 0.1) is 11.0 Å². The molecule has 20 heavy (non-hydrogen) atoms. The molecule has 2 rings (SSSR count). The molecule has 110 valence electrons. The summed E-state index contributed by atoms with van der Waals surface area (Å²) in [4.78, 5) is 5.80. The van der Waals surface area contributed by atoms with E-state index in [1.165, 1.54) is 9.13 Å². The highest BCUT2D eigenvalue weighted by atomic mass is 127. The van der Waals surface area contributed by atoms with Crippen molar-refractivity contribution >= 4 is 28.4 Å². The summed E-state index contributed by atoms with van der Waals surface area (Å²) in [6.45, 7) is 5.93. The van der Waals surface area contributed by atoms with Crippen LogP contribution in [0, 0.1) is 3.57 Å². The lowest BCUT2D eigenvalue weighted by Crippen LogP contribution is -2.41. The molecule has 1 N–H and O–H groups in total. The number of amidine groups is 1. The Kier molecular flexibility index (Phi) is 4.30. The fourth-order valence-corrected chi connectivity index (χ4v) is 2.81. The molecule has 0 radical (unpaired) electrons. The first-order valence-electron chi connectivity index (χ1n) is 6.70. The van der Waals surface area contributed by atoms with Crippen molar-refractivity contribution in [1.29, 1.82) is 0 Å². The number of halogens is 1. The van der Waals surface area contributed by atoms with Crippen LogP contribution >= 0.6 is 22.6 Å². The molecular formula is C15H21IN2O2. The molecule has 4 nitrogen and oxygen atoms in total. The van der Waals surface area contributed by atoms with Crippen molar-refractivity contribution in [2.75, 3.05) is 7.05 Å². The molecule has 1 aromatic carbocycles. The number of nitrogens with zero attached hydrogens (tertiary/aromatic N) is 2. The number of oxime groups is 1. The topological polar surface area (TPSA) is 45.1 Å². The van der Waals surface area contributed by atoms with E-state index in [2.05, 4.69) is 52.0 Å². The van der Waals surface area contributed by atoms with Gasteiger partial charge in [0.25, 0.3) is 0 Å². The Bertz CT molecular complexity index is 502. The highest BCUT2D eigenvalue weighted by Gasteiger charge is 2.52. The van der Waals surface area contributed by atoms with Crippen LogP contribution in [0.5, 0.6) is 0 Å². The van der Waals surface area contributed by atoms with Crippen LogP contribution in [0.15, 0.2) is 29.4 Å². The van der Waals surface area contributed by atoms with E-state index in [9.17, 15) is 5.21 Å². The van der Waals surface area contributed by atoms with Crippen molar-refractivity contribution in [2.24, 2.45) is 5.16 Å². The van der Waals surface area contributed by atoms with Crippen LogP contribution in [0.1, 0.15) is 39.2 Å². The lowest BCUT2D eigenvalue weighted by atomic mass is 9.94. The summed E-state index contributed by atoms with van der Waals surface area (Å²) in [6.07, 6.45) is 1.95. The molecule has 1 aliphatic carbocycles. The number of hydrogen-bond donors (Lipinski definition) is 1. The minimum absolute atomic E-state index is 0.209. The van der Waals surface area contributed by atoms with Gasteiger partial charge in [-0.1, -0.05) is 17.3 Å². The van der Waals surface area contributed by atoms with Gasteiger partial charge in [-0.25, -0.2) is 5.06 Å². The number of likely N-dealkylation sites (N-methyl/N-ethyl adjacent to an activating group) is 1. The molecule has 5 heteroatoms. The third-order valence-electron chi connectivity index (χ3n) is 3.38. The SMILES string of the molecule is CN(OC(C)(C)C)/C(=N\O)C1(c2ccc(I)cc2)CC1. The van der Waals surface area contributed by atoms with Crippen LogP contribution in [-0.4, -0.2) is 28.8 Å². The molecule has 0 aromatic heterocycles. The van der Waals surface area contributed by atoms with Crippen LogP contribution in [0.25, 0.3) is 0 Å². The second kappa shape index (κ2) is 5.52. The molecule has 0 spiro atoms. The lowest BCUT2D eigenvalue weighted by Gasteiger charge is -2.31. The van der Waals surface area contributed by atoms with Crippen LogP contribution in [0.2, 0.25) is 0 Å². The van der Waals surface area contributed by atoms with Gasteiger partial charge in [0, 0.05) is 10.6 Å². The first-order valence-corrected chi connectivity index (χ1v) is 7.78. The molecule has 0 unspecified atom stereocenters. The fraction of sp³-hybridized carbons (Fsp3) is 0.533. The molecular weight excluding hydrogens is 367 g/mol. The smallest absolute Gasteiger partial charge is 0.178 e. The predicted octanol–water partition coefficient (Wildman–Crippen LogP) is 3.77. The number of hydrogen-bond acceptors (Lipinski definition) is 3. The van der Waals surface area contributed by atoms with Gasteiger partial charge < -0.3 is 5.21 Å². The summed E-state index contributed by atoms with van der Waals surface area (Å²) in [5.41, 5.74) is 0.640. The van der Waals surface area contributed by atoms with Gasteiger partial charge in [-0.15, -0.1) is 0 Å². The summed E-state index contributed by atoms with van der Waals surface area (Å²) in [5, 5.41) is 14.6. The minimum Gasteiger partial charge on any atom is -0.409 e. The zero-order valence-electron chi connectivity index (χ0n) is 12.4. The van der Waals surface area contributed by atoms with E-state index in [-0.39, 0.29) is 11.0 Å². The normalized spacial score (nSPS) is 17.9. The van der Waals surface area contributed by atoms with Gasteiger partial charge >= 0.3 is 0 Å². The second-order valence-corrected chi connectivity index (χ2v) is 7.46. The molecule has 0 atom stereocenters. The van der Waals surface area contributed by atoms with Gasteiger partial charge in [0.2, 0.25) is 0 Å². The molecule has 0 bridgehead atoms. The third-order valence-corrected chi connectivity index (χ3v) is 4.10. The van der Waals surface area contributed by atoms with Crippen molar-refractivity contribution < 1.29 is 10.0 Å². The maximum atomic E-state index is 9.45. The number of rotatable bonds is 3. The molecule has 0 amide bonds. The van der Waals surface area contributed by atoms with Crippen LogP contribution < -0.4 is 0 Å². The zero-order chi connectivity index (χ0) is 15.0. The zero-order valence-corrected chi connectivity index (χ0v) is 14.5. The largest absolute Gasteiger partial charge is 0.409 e. The van der Waals surface area contributed by atoms with E-state index in [1.54, 1.807) is 12.1 Å². The first-order chi connectivity index (χ1) is 9.28. The minimum atomic E-state index is -0.327. The van der Waals surface area contributed by atoms with Crippen molar-refractivity contribution in [2.45, 2.75) is 44.6 Å². The maximum Gasteiger partial charge on any atom is 0.178 e. The van der Waals surface area contributed by atoms with Crippen molar-refractivity contribution in [3.05, 3.63) is 33.4 Å². The Labute approximate surface area is 133 Å². The Hall–Kier alpha value is -0.820. The molecule has 0 heterocycles. The van der Waals surface area contributed by atoms with Crippen LogP contribution in [0.3, 0.4) is 0 Å². The molecule has 1 saturated carbocycles. The molecule has 1 aromatic rings. The third kappa shape index (κ3) is 3.25. The number of benzene rings is 1. The molecule has 1 aliphatic rings. The van der Waals surface area contributed by atoms with E-state index in [0.717, 1.165) is 12.8 Å². The Balaban J connectivity index is 2.25. The number of hydroxylamine groups is 2. The summed E-state index contributed by atoms with van der Waals surface area (Å²) in [5.74, 6) is 0.577.